The summed E-state index contributed by atoms with van der Waals surface area (Å²) in [4.78, 5) is 62.6. The van der Waals surface area contributed by atoms with Crippen LogP contribution in [0.1, 0.15) is 54.9 Å². The zero-order valence-electron chi connectivity index (χ0n) is 36.1. The van der Waals surface area contributed by atoms with E-state index in [1.807, 2.05) is 85.1 Å². The van der Waals surface area contributed by atoms with Crippen LogP contribution in [0.2, 0.25) is 18.6 Å². The van der Waals surface area contributed by atoms with Gasteiger partial charge in [0.15, 0.2) is 5.60 Å². The Morgan fingerprint density at radius 2 is 1.71 bits per heavy atom. The molecule has 0 unspecified atom stereocenters. The van der Waals surface area contributed by atoms with E-state index in [1.54, 1.807) is 16.9 Å². The molecule has 3 amide bonds. The summed E-state index contributed by atoms with van der Waals surface area (Å²) < 4.78 is 17.7. The van der Waals surface area contributed by atoms with Crippen LogP contribution >= 0.6 is 0 Å². The molecule has 0 bridgehead atoms. The number of rotatable bonds is 14. The first-order valence-corrected chi connectivity index (χ1v) is 24.6. The average molecular weight is 857 g/mol. The van der Waals surface area contributed by atoms with Crippen molar-refractivity contribution < 1.29 is 38.5 Å². The van der Waals surface area contributed by atoms with Gasteiger partial charge in [0.1, 0.15) is 5.75 Å². The standard InChI is InChI=1S/C49H56N4O8Si/c1-31-47(62(4,5)38-20-18-37(59-2)19-21-38)43(27-45(56)53-29-33-13-7-6-12-32(33)24-36(53)30-54)61-49(31)40-26-35(51-44(55)25-34-28-50-41-15-9-8-14-39(34)41)17-22-42(40)52(48(49)58)23-11-10-16-46(57)60-3/h6-9,12-15,17-22,26,28,31,36,43,47,50,54H,10-11,16,23-25,27,29-30H2,1-5H3,(H,51,55)/t31-,36+,43+,47-,49+/m1/s1. The van der Waals surface area contributed by atoms with E-state index in [0.717, 1.165) is 38.5 Å². The number of aliphatic hydroxyl groups is 1. The summed E-state index contributed by atoms with van der Waals surface area (Å²) in [6, 6.07) is 29.1. The number of aromatic nitrogens is 1. The molecular formula is C49H56N4O8Si. The highest BCUT2D eigenvalue weighted by Crippen LogP contribution is 2.60. The zero-order chi connectivity index (χ0) is 43.8. The van der Waals surface area contributed by atoms with E-state index in [4.69, 9.17) is 14.2 Å². The van der Waals surface area contributed by atoms with Crippen molar-refractivity contribution in [3.05, 3.63) is 119 Å². The number of nitrogens with one attached hydrogen (secondary N) is 2. The summed E-state index contributed by atoms with van der Waals surface area (Å²) >= 11 is 0. The molecule has 5 atom stereocenters. The molecule has 324 valence electrons. The topological polar surface area (TPSA) is 150 Å². The Labute approximate surface area is 363 Å². The molecule has 1 fully saturated rings. The number of nitrogens with zero attached hydrogens (tertiary/aromatic N) is 2. The van der Waals surface area contributed by atoms with Gasteiger partial charge in [-0.3, -0.25) is 19.2 Å². The number of hydrogen-bond acceptors (Lipinski definition) is 8. The minimum Gasteiger partial charge on any atom is -0.497 e. The Morgan fingerprint density at radius 1 is 0.968 bits per heavy atom. The molecule has 4 heterocycles. The maximum Gasteiger partial charge on any atom is 0.305 e. The van der Waals surface area contributed by atoms with Gasteiger partial charge < -0.3 is 39.4 Å². The van der Waals surface area contributed by atoms with Gasteiger partial charge in [0.2, 0.25) is 11.8 Å². The van der Waals surface area contributed by atoms with E-state index >= 15 is 4.79 Å². The number of benzene rings is 4. The van der Waals surface area contributed by atoms with Gasteiger partial charge in [0, 0.05) is 53.8 Å². The number of hydrogen-bond donors (Lipinski definition) is 3. The first-order chi connectivity index (χ1) is 29.9. The molecule has 1 saturated heterocycles. The van der Waals surface area contributed by atoms with Gasteiger partial charge in [-0.25, -0.2) is 0 Å². The van der Waals surface area contributed by atoms with Crippen LogP contribution in [0.15, 0.2) is 97.2 Å². The molecule has 0 radical (unpaired) electrons. The third-order valence-electron chi connectivity index (χ3n) is 13.6. The summed E-state index contributed by atoms with van der Waals surface area (Å²) in [5, 5.41) is 15.8. The van der Waals surface area contributed by atoms with Crippen molar-refractivity contribution in [3.63, 3.8) is 0 Å². The first kappa shape index (κ1) is 42.9. The molecular weight excluding hydrogens is 801 g/mol. The predicted molar refractivity (Wildman–Crippen MR) is 241 cm³/mol. The van der Waals surface area contributed by atoms with E-state index in [2.05, 4.69) is 42.5 Å². The smallest absolute Gasteiger partial charge is 0.305 e. The number of fused-ring (bicyclic) bond motifs is 4. The largest absolute Gasteiger partial charge is 0.497 e. The van der Waals surface area contributed by atoms with Crippen molar-refractivity contribution in [3.8, 4) is 5.75 Å². The van der Waals surface area contributed by atoms with Crippen LogP contribution in [0.25, 0.3) is 10.9 Å². The number of amides is 3. The zero-order valence-corrected chi connectivity index (χ0v) is 37.1. The van der Waals surface area contributed by atoms with Crippen LogP contribution in [0, 0.1) is 5.92 Å². The Kier molecular flexibility index (Phi) is 12.1. The molecule has 0 aliphatic carbocycles. The molecule has 4 aromatic carbocycles. The number of para-hydroxylation sites is 1. The number of carbonyl (C=O) groups excluding carboxylic acids is 4. The number of unbranched alkanes of at least 4 members (excludes halogenated alkanes) is 1. The lowest BCUT2D eigenvalue weighted by atomic mass is 9.82. The van der Waals surface area contributed by atoms with Crippen molar-refractivity contribution in [1.82, 2.24) is 9.88 Å². The second kappa shape index (κ2) is 17.5. The predicted octanol–water partition coefficient (Wildman–Crippen LogP) is 6.60. The second-order valence-corrected chi connectivity index (χ2v) is 22.2. The van der Waals surface area contributed by atoms with Crippen LogP contribution in [0.5, 0.6) is 5.75 Å². The van der Waals surface area contributed by atoms with Crippen molar-refractivity contribution in [1.29, 1.82) is 0 Å². The van der Waals surface area contributed by atoms with Crippen LogP contribution < -0.4 is 20.1 Å². The molecule has 1 spiro atoms. The third-order valence-corrected chi connectivity index (χ3v) is 18.0. The molecule has 8 rings (SSSR count). The van der Waals surface area contributed by atoms with Crippen LogP contribution in [-0.2, 0) is 53.6 Å². The molecule has 62 heavy (non-hydrogen) atoms. The van der Waals surface area contributed by atoms with E-state index in [0.29, 0.717) is 49.3 Å². The van der Waals surface area contributed by atoms with Crippen molar-refractivity contribution >= 4 is 59.2 Å². The van der Waals surface area contributed by atoms with Gasteiger partial charge in [-0.1, -0.05) is 79.8 Å². The number of ether oxygens (including phenoxy) is 3. The van der Waals surface area contributed by atoms with Gasteiger partial charge in [-0.2, -0.15) is 0 Å². The number of H-pyrrole nitrogens is 1. The number of aromatic amines is 1. The maximum absolute atomic E-state index is 15.4. The fourth-order valence-corrected chi connectivity index (χ4v) is 14.5. The fourth-order valence-electron chi connectivity index (χ4n) is 10.4. The highest BCUT2D eigenvalue weighted by atomic mass is 28.3. The van der Waals surface area contributed by atoms with Crippen molar-refractivity contribution in [2.24, 2.45) is 5.92 Å². The lowest BCUT2D eigenvalue weighted by Crippen LogP contribution is -2.52. The fraction of sp³-hybridized carbons (Fsp3) is 0.388. The summed E-state index contributed by atoms with van der Waals surface area (Å²) in [6.07, 6.45) is 3.21. The van der Waals surface area contributed by atoms with Crippen LogP contribution in [0.4, 0.5) is 11.4 Å². The molecule has 5 aromatic rings. The van der Waals surface area contributed by atoms with Gasteiger partial charge in [0.05, 0.1) is 59.6 Å². The maximum atomic E-state index is 15.4. The molecule has 0 saturated carbocycles. The minimum atomic E-state index is -2.62. The number of aliphatic hydroxyl groups excluding tert-OH is 1. The number of esters is 1. The van der Waals surface area contributed by atoms with Gasteiger partial charge in [0.25, 0.3) is 5.91 Å². The number of carbonyl (C=O) groups is 4. The first-order valence-electron chi connectivity index (χ1n) is 21.6. The highest BCUT2D eigenvalue weighted by Gasteiger charge is 2.66. The van der Waals surface area contributed by atoms with Gasteiger partial charge in [-0.05, 0) is 77.9 Å². The van der Waals surface area contributed by atoms with Crippen molar-refractivity contribution in [2.75, 3.05) is 37.6 Å². The van der Waals surface area contributed by atoms with Crippen LogP contribution in [-0.4, -0.2) is 86.3 Å². The van der Waals surface area contributed by atoms with Crippen LogP contribution in [0.3, 0.4) is 0 Å². The quantitative estimate of drug-likeness (QED) is 0.0643. The summed E-state index contributed by atoms with van der Waals surface area (Å²) in [5.74, 6) is -0.537. The Hall–Kier alpha value is -5.76. The van der Waals surface area contributed by atoms with Gasteiger partial charge in [-0.15, -0.1) is 0 Å². The Morgan fingerprint density at radius 3 is 2.45 bits per heavy atom. The summed E-state index contributed by atoms with van der Waals surface area (Å²) in [6.45, 7) is 7.16. The minimum absolute atomic E-state index is 0.0186. The molecule has 3 aliphatic rings. The summed E-state index contributed by atoms with van der Waals surface area (Å²) in [5.41, 5.74) is 4.15. The number of anilines is 2. The highest BCUT2D eigenvalue weighted by molar-refractivity contribution is 6.91. The molecule has 12 nitrogen and oxygen atoms in total. The molecule has 3 aliphatic heterocycles. The Balaban J connectivity index is 1.17. The monoisotopic (exact) mass is 856 g/mol. The van der Waals surface area contributed by atoms with Gasteiger partial charge >= 0.3 is 5.97 Å². The number of methoxy groups -OCH3 is 2. The average Bonchev–Trinajstić information content (AvgIpc) is 3.90. The summed E-state index contributed by atoms with van der Waals surface area (Å²) in [7, 11) is 0.386. The lowest BCUT2D eigenvalue weighted by Gasteiger charge is -2.39. The SMILES string of the molecule is COC(=O)CCCCN1C(=O)[C@@]2(O[C@@H](CC(=O)N3Cc4ccccc4C[C@H]3CO)[C@H]([Si](C)(C)c3ccc(OC)cc3)[C@H]2C)c2cc(NC(=O)Cc3c[nH]c4ccccc34)ccc21. The van der Waals surface area contributed by atoms with E-state index in [9.17, 15) is 19.5 Å². The van der Waals surface area contributed by atoms with E-state index in [1.165, 1.54) is 7.11 Å². The Bertz CT molecular complexity index is 2490. The van der Waals surface area contributed by atoms with E-state index < -0.39 is 25.7 Å². The second-order valence-electron chi connectivity index (χ2n) is 17.5. The molecule has 1 aromatic heterocycles. The molecule has 13 heteroatoms. The van der Waals surface area contributed by atoms with Crippen molar-refractivity contribution in [2.45, 2.75) is 88.4 Å². The lowest BCUT2D eigenvalue weighted by molar-refractivity contribution is -0.151. The molecule has 3 N–H and O–H groups in total. The normalized spacial score (nSPS) is 21.9. The van der Waals surface area contributed by atoms with E-state index in [-0.39, 0.29) is 61.1 Å². The third kappa shape index (κ3) is 7.82.